The van der Waals surface area contributed by atoms with Crippen LogP contribution in [0.25, 0.3) is 0 Å². The van der Waals surface area contributed by atoms with Crippen LogP contribution in [0.4, 0.5) is 0 Å². The van der Waals surface area contributed by atoms with E-state index in [0.29, 0.717) is 0 Å². The molecule has 0 amide bonds. The van der Waals surface area contributed by atoms with Crippen molar-refractivity contribution in [2.24, 2.45) is 7.05 Å². The standard InChI is InChI=1S/C13H25N3O2S/c1-5-8-14-12(11(2)19(4,17)18)6-7-13-15-9-10-16(13)3/h9-12,14H,5-8H2,1-4H3. The topological polar surface area (TPSA) is 64.0 Å². The van der Waals surface area contributed by atoms with Crippen LogP contribution >= 0.6 is 0 Å². The monoisotopic (exact) mass is 287 g/mol. The number of rotatable bonds is 8. The predicted octanol–water partition coefficient (Wildman–Crippen LogP) is 1.15. The summed E-state index contributed by atoms with van der Waals surface area (Å²) in [6.07, 6.45) is 7.53. The molecule has 0 aromatic carbocycles. The Hall–Kier alpha value is -0.880. The molecule has 0 bridgehead atoms. The summed E-state index contributed by atoms with van der Waals surface area (Å²) >= 11 is 0. The molecule has 1 heterocycles. The zero-order chi connectivity index (χ0) is 14.5. The molecule has 2 atom stereocenters. The fraction of sp³-hybridized carbons (Fsp3) is 0.769. The third-order valence-corrected chi connectivity index (χ3v) is 5.18. The first kappa shape index (κ1) is 16.2. The Kier molecular flexibility index (Phi) is 6.00. The summed E-state index contributed by atoms with van der Waals surface area (Å²) in [6.45, 7) is 4.69. The van der Waals surface area contributed by atoms with Crippen molar-refractivity contribution >= 4 is 9.84 Å². The van der Waals surface area contributed by atoms with Crippen LogP contribution in [-0.2, 0) is 23.3 Å². The minimum Gasteiger partial charge on any atom is -0.338 e. The zero-order valence-electron chi connectivity index (χ0n) is 12.3. The molecule has 0 spiro atoms. The van der Waals surface area contributed by atoms with Crippen molar-refractivity contribution in [2.75, 3.05) is 12.8 Å². The Morgan fingerprint density at radius 3 is 2.63 bits per heavy atom. The lowest BCUT2D eigenvalue weighted by Gasteiger charge is -2.23. The Balaban J connectivity index is 2.67. The van der Waals surface area contributed by atoms with Gasteiger partial charge >= 0.3 is 0 Å². The smallest absolute Gasteiger partial charge is 0.151 e. The van der Waals surface area contributed by atoms with Crippen molar-refractivity contribution in [3.05, 3.63) is 18.2 Å². The average molecular weight is 287 g/mol. The highest BCUT2D eigenvalue weighted by atomic mass is 32.2. The molecule has 1 N–H and O–H groups in total. The minimum absolute atomic E-state index is 0.0216. The van der Waals surface area contributed by atoms with Gasteiger partial charge in [0, 0.05) is 38.2 Å². The summed E-state index contributed by atoms with van der Waals surface area (Å²) in [7, 11) is -1.07. The third kappa shape index (κ3) is 4.95. The number of aromatic nitrogens is 2. The number of sulfone groups is 1. The molecule has 1 rings (SSSR count). The van der Waals surface area contributed by atoms with Crippen LogP contribution in [0, 0.1) is 0 Å². The molecule has 0 radical (unpaired) electrons. The molecule has 6 heteroatoms. The van der Waals surface area contributed by atoms with Crippen LogP contribution in [-0.4, -0.2) is 42.1 Å². The molecule has 1 aromatic rings. The van der Waals surface area contributed by atoms with E-state index in [4.69, 9.17) is 0 Å². The largest absolute Gasteiger partial charge is 0.338 e. The first-order valence-electron chi connectivity index (χ1n) is 6.74. The molecule has 0 aliphatic heterocycles. The molecule has 5 nitrogen and oxygen atoms in total. The van der Waals surface area contributed by atoms with E-state index in [1.54, 1.807) is 13.1 Å². The van der Waals surface area contributed by atoms with Crippen molar-refractivity contribution in [3.8, 4) is 0 Å². The van der Waals surface area contributed by atoms with E-state index in [1.807, 2.05) is 17.8 Å². The van der Waals surface area contributed by atoms with Gasteiger partial charge in [0.05, 0.1) is 5.25 Å². The van der Waals surface area contributed by atoms with Crippen LogP contribution in [0.5, 0.6) is 0 Å². The van der Waals surface area contributed by atoms with E-state index in [9.17, 15) is 8.42 Å². The number of hydrogen-bond acceptors (Lipinski definition) is 4. The van der Waals surface area contributed by atoms with E-state index in [1.165, 1.54) is 6.26 Å². The van der Waals surface area contributed by atoms with Gasteiger partial charge in [-0.25, -0.2) is 13.4 Å². The number of imidazole rings is 1. The van der Waals surface area contributed by atoms with Crippen LogP contribution < -0.4 is 5.32 Å². The number of aryl methyl sites for hydroxylation is 2. The summed E-state index contributed by atoms with van der Waals surface area (Å²) in [5, 5.41) is 2.97. The Morgan fingerprint density at radius 1 is 1.47 bits per heavy atom. The van der Waals surface area contributed by atoms with Crippen LogP contribution in [0.3, 0.4) is 0 Å². The van der Waals surface area contributed by atoms with Gasteiger partial charge in [0.1, 0.15) is 5.82 Å². The van der Waals surface area contributed by atoms with Crippen molar-refractivity contribution in [3.63, 3.8) is 0 Å². The summed E-state index contributed by atoms with van der Waals surface area (Å²) in [5.41, 5.74) is 0. The second kappa shape index (κ2) is 7.05. The molecule has 0 aliphatic rings. The van der Waals surface area contributed by atoms with Gasteiger partial charge in [-0.1, -0.05) is 6.92 Å². The summed E-state index contributed by atoms with van der Waals surface area (Å²) in [4.78, 5) is 4.28. The molecule has 0 aliphatic carbocycles. The third-order valence-electron chi connectivity index (χ3n) is 3.50. The molecular formula is C13H25N3O2S. The lowest BCUT2D eigenvalue weighted by Crippen LogP contribution is -2.43. The maximum Gasteiger partial charge on any atom is 0.151 e. The zero-order valence-corrected chi connectivity index (χ0v) is 13.1. The lowest BCUT2D eigenvalue weighted by molar-refractivity contribution is 0.454. The average Bonchev–Trinajstić information content (AvgIpc) is 2.73. The van der Waals surface area contributed by atoms with Gasteiger partial charge in [0.15, 0.2) is 9.84 Å². The molecule has 2 unspecified atom stereocenters. The van der Waals surface area contributed by atoms with Gasteiger partial charge in [-0.2, -0.15) is 0 Å². The van der Waals surface area contributed by atoms with Gasteiger partial charge in [0.25, 0.3) is 0 Å². The van der Waals surface area contributed by atoms with E-state index >= 15 is 0 Å². The predicted molar refractivity (Wildman–Crippen MR) is 77.9 cm³/mol. The molecule has 0 fully saturated rings. The molecule has 1 aromatic heterocycles. The molecule has 110 valence electrons. The summed E-state index contributed by atoms with van der Waals surface area (Å²) in [5.74, 6) is 0.990. The number of hydrogen-bond donors (Lipinski definition) is 1. The lowest BCUT2D eigenvalue weighted by atomic mass is 10.1. The minimum atomic E-state index is -3.02. The van der Waals surface area contributed by atoms with Gasteiger partial charge in [-0.3, -0.25) is 0 Å². The van der Waals surface area contributed by atoms with E-state index in [-0.39, 0.29) is 11.3 Å². The maximum absolute atomic E-state index is 11.7. The molecule has 0 saturated carbocycles. The van der Waals surface area contributed by atoms with Crippen molar-refractivity contribution in [1.82, 2.24) is 14.9 Å². The van der Waals surface area contributed by atoms with Crippen molar-refractivity contribution in [1.29, 1.82) is 0 Å². The van der Waals surface area contributed by atoms with Gasteiger partial charge in [-0.05, 0) is 26.3 Å². The number of nitrogens with zero attached hydrogens (tertiary/aromatic N) is 2. The van der Waals surface area contributed by atoms with Gasteiger partial charge < -0.3 is 9.88 Å². The second-order valence-corrected chi connectivity index (χ2v) is 7.49. The van der Waals surface area contributed by atoms with E-state index < -0.39 is 9.84 Å². The Morgan fingerprint density at radius 2 is 2.16 bits per heavy atom. The van der Waals surface area contributed by atoms with Gasteiger partial charge in [0.2, 0.25) is 0 Å². The van der Waals surface area contributed by atoms with E-state index in [0.717, 1.165) is 31.6 Å². The normalized spacial score (nSPS) is 15.4. The highest BCUT2D eigenvalue weighted by molar-refractivity contribution is 7.91. The highest BCUT2D eigenvalue weighted by Crippen LogP contribution is 2.11. The van der Waals surface area contributed by atoms with Crippen molar-refractivity contribution in [2.45, 2.75) is 44.4 Å². The Labute approximate surface area is 116 Å². The highest BCUT2D eigenvalue weighted by Gasteiger charge is 2.25. The van der Waals surface area contributed by atoms with Crippen LogP contribution in [0.15, 0.2) is 12.4 Å². The number of nitrogens with one attached hydrogen (secondary N) is 1. The molecule has 0 saturated heterocycles. The SMILES string of the molecule is CCCNC(CCc1nccn1C)C(C)S(C)(=O)=O. The summed E-state index contributed by atoms with van der Waals surface area (Å²) < 4.78 is 25.4. The first-order valence-corrected chi connectivity index (χ1v) is 8.70. The maximum atomic E-state index is 11.7. The Bertz CT molecular complexity index is 482. The molecular weight excluding hydrogens is 262 g/mol. The fourth-order valence-corrected chi connectivity index (χ4v) is 2.88. The summed E-state index contributed by atoms with van der Waals surface area (Å²) in [6, 6.07) is -0.0216. The van der Waals surface area contributed by atoms with Crippen molar-refractivity contribution < 1.29 is 8.42 Å². The first-order chi connectivity index (χ1) is 8.86. The quantitative estimate of drug-likeness (QED) is 0.779. The molecule has 19 heavy (non-hydrogen) atoms. The van der Waals surface area contributed by atoms with E-state index in [2.05, 4.69) is 17.2 Å². The van der Waals surface area contributed by atoms with Gasteiger partial charge in [-0.15, -0.1) is 0 Å². The van der Waals surface area contributed by atoms with Crippen LogP contribution in [0.1, 0.15) is 32.5 Å². The van der Waals surface area contributed by atoms with Crippen LogP contribution in [0.2, 0.25) is 0 Å². The fourth-order valence-electron chi connectivity index (χ4n) is 2.05. The second-order valence-electron chi connectivity index (χ2n) is 5.09.